The number of aromatic nitrogens is 3. The second kappa shape index (κ2) is 6.79. The number of carbonyl (C=O) groups is 2. The summed E-state index contributed by atoms with van der Waals surface area (Å²) in [5.41, 5.74) is 0.609. The van der Waals surface area contributed by atoms with E-state index in [1.54, 1.807) is 53.9 Å². The average Bonchev–Trinajstić information content (AvgIpc) is 3.39. The van der Waals surface area contributed by atoms with Crippen molar-refractivity contribution in [2.24, 2.45) is 0 Å². The number of pyridine rings is 1. The van der Waals surface area contributed by atoms with Crippen molar-refractivity contribution in [3.8, 4) is 0 Å². The lowest BCUT2D eigenvalue weighted by atomic mass is 10.3. The molecule has 4 aromatic rings. The number of hydrogen-bond donors (Lipinski definition) is 2. The molecule has 0 saturated carbocycles. The van der Waals surface area contributed by atoms with E-state index in [4.69, 9.17) is 8.94 Å². The largest absolute Gasteiger partial charge is 0.467 e. The molecule has 2 N–H and O–H groups in total. The zero-order chi connectivity index (χ0) is 18.8. The number of anilines is 1. The number of hydrogen-bond acceptors (Lipinski definition) is 6. The summed E-state index contributed by atoms with van der Waals surface area (Å²) in [6.45, 7) is 1.93. The fourth-order valence-corrected chi connectivity index (χ4v) is 2.63. The maximum absolute atomic E-state index is 12.6. The van der Waals surface area contributed by atoms with Crippen molar-refractivity contribution >= 4 is 23.1 Å². The Balaban J connectivity index is 1.62. The number of rotatable bonds is 5. The van der Waals surface area contributed by atoms with Crippen molar-refractivity contribution in [1.82, 2.24) is 19.9 Å². The van der Waals surface area contributed by atoms with E-state index in [9.17, 15) is 9.59 Å². The van der Waals surface area contributed by atoms with Gasteiger partial charge in [-0.15, -0.1) is 0 Å². The van der Waals surface area contributed by atoms with E-state index in [1.807, 2.05) is 0 Å². The summed E-state index contributed by atoms with van der Waals surface area (Å²) in [6.07, 6.45) is 3.20. The van der Waals surface area contributed by atoms with Crippen molar-refractivity contribution in [3.05, 3.63) is 71.9 Å². The lowest BCUT2D eigenvalue weighted by Gasteiger charge is -2.02. The summed E-state index contributed by atoms with van der Waals surface area (Å²) in [5.74, 6) is 0.639. The Bertz CT molecular complexity index is 1110. The molecule has 0 fully saturated rings. The molecule has 0 bridgehead atoms. The molecule has 0 atom stereocenters. The summed E-state index contributed by atoms with van der Waals surface area (Å²) >= 11 is 0. The van der Waals surface area contributed by atoms with Crippen LogP contribution < -0.4 is 10.6 Å². The first-order valence-electron chi connectivity index (χ1n) is 8.14. The van der Waals surface area contributed by atoms with Crippen LogP contribution in [0, 0.1) is 6.92 Å². The van der Waals surface area contributed by atoms with Crippen LogP contribution in [-0.2, 0) is 6.54 Å². The highest BCUT2D eigenvalue weighted by Crippen LogP contribution is 2.16. The normalized spacial score (nSPS) is 10.9. The molecule has 0 aliphatic heterocycles. The molecule has 0 saturated heterocycles. The first kappa shape index (κ1) is 16.6. The van der Waals surface area contributed by atoms with Crippen LogP contribution in [0.1, 0.15) is 32.6 Å². The maximum atomic E-state index is 12.6. The second-order valence-corrected chi connectivity index (χ2v) is 5.78. The van der Waals surface area contributed by atoms with Crippen molar-refractivity contribution in [2.75, 3.05) is 5.32 Å². The van der Waals surface area contributed by atoms with E-state index in [2.05, 4.69) is 20.8 Å². The van der Waals surface area contributed by atoms with Crippen LogP contribution in [0.4, 0.5) is 5.82 Å². The minimum atomic E-state index is -0.489. The third-order valence-corrected chi connectivity index (χ3v) is 3.84. The number of fused-ring (bicyclic) bond motifs is 1. The van der Waals surface area contributed by atoms with Gasteiger partial charge in [-0.3, -0.25) is 14.0 Å². The fraction of sp³-hybridized carbons (Fsp3) is 0.111. The number of nitrogens with zero attached hydrogens (tertiary/aromatic N) is 3. The highest BCUT2D eigenvalue weighted by Gasteiger charge is 2.22. The summed E-state index contributed by atoms with van der Waals surface area (Å²) < 4.78 is 11.7. The molecule has 9 nitrogen and oxygen atoms in total. The molecule has 27 heavy (non-hydrogen) atoms. The van der Waals surface area contributed by atoms with E-state index in [0.29, 0.717) is 17.0 Å². The zero-order valence-corrected chi connectivity index (χ0v) is 14.3. The Hall–Kier alpha value is -3.88. The summed E-state index contributed by atoms with van der Waals surface area (Å²) in [7, 11) is 0. The molecule has 136 valence electrons. The van der Waals surface area contributed by atoms with Crippen molar-refractivity contribution in [1.29, 1.82) is 0 Å². The van der Waals surface area contributed by atoms with Crippen molar-refractivity contribution < 1.29 is 18.5 Å². The van der Waals surface area contributed by atoms with Crippen LogP contribution in [0.5, 0.6) is 0 Å². The number of aryl methyl sites for hydroxylation is 1. The van der Waals surface area contributed by atoms with Gasteiger partial charge < -0.3 is 19.6 Å². The van der Waals surface area contributed by atoms with Crippen LogP contribution in [-0.4, -0.2) is 26.4 Å². The SMILES string of the molecule is Cc1cc(NC(=O)c2nc(C(=O)NCc3ccco3)n3ccccc23)no1. The van der Waals surface area contributed by atoms with E-state index >= 15 is 0 Å². The van der Waals surface area contributed by atoms with E-state index in [0.717, 1.165) is 0 Å². The molecule has 0 aromatic carbocycles. The molecule has 0 aliphatic carbocycles. The van der Waals surface area contributed by atoms with E-state index < -0.39 is 11.8 Å². The smallest absolute Gasteiger partial charge is 0.288 e. The molecule has 0 aliphatic rings. The highest BCUT2D eigenvalue weighted by molar-refractivity contribution is 6.08. The van der Waals surface area contributed by atoms with Gasteiger partial charge in [-0.2, -0.15) is 0 Å². The monoisotopic (exact) mass is 365 g/mol. The minimum absolute atomic E-state index is 0.0960. The van der Waals surface area contributed by atoms with Gasteiger partial charge in [-0.05, 0) is 31.2 Å². The number of nitrogens with one attached hydrogen (secondary N) is 2. The molecule has 0 radical (unpaired) electrons. The van der Waals surface area contributed by atoms with Gasteiger partial charge in [0, 0.05) is 12.3 Å². The molecule has 2 amide bonds. The van der Waals surface area contributed by atoms with Gasteiger partial charge in [0.25, 0.3) is 11.8 Å². The molecular weight excluding hydrogens is 350 g/mol. The lowest BCUT2D eigenvalue weighted by Crippen LogP contribution is -2.25. The first-order valence-corrected chi connectivity index (χ1v) is 8.14. The third-order valence-electron chi connectivity index (χ3n) is 3.84. The van der Waals surface area contributed by atoms with Gasteiger partial charge in [-0.1, -0.05) is 11.2 Å². The molecule has 0 spiro atoms. The van der Waals surface area contributed by atoms with Gasteiger partial charge >= 0.3 is 0 Å². The Labute approximate surface area is 153 Å². The van der Waals surface area contributed by atoms with Crippen LogP contribution in [0.25, 0.3) is 5.52 Å². The van der Waals surface area contributed by atoms with Gasteiger partial charge in [-0.25, -0.2) is 4.98 Å². The zero-order valence-electron chi connectivity index (χ0n) is 14.3. The minimum Gasteiger partial charge on any atom is -0.467 e. The molecule has 9 heteroatoms. The van der Waals surface area contributed by atoms with Crippen LogP contribution >= 0.6 is 0 Å². The van der Waals surface area contributed by atoms with Crippen LogP contribution in [0.2, 0.25) is 0 Å². The summed E-state index contributed by atoms with van der Waals surface area (Å²) in [4.78, 5) is 29.4. The van der Waals surface area contributed by atoms with E-state index in [1.165, 1.54) is 6.26 Å². The van der Waals surface area contributed by atoms with E-state index in [-0.39, 0.29) is 23.9 Å². The Morgan fingerprint density at radius 1 is 1.19 bits per heavy atom. The Morgan fingerprint density at radius 2 is 2.07 bits per heavy atom. The van der Waals surface area contributed by atoms with Gasteiger partial charge in [0.15, 0.2) is 11.5 Å². The van der Waals surface area contributed by atoms with Crippen LogP contribution in [0.15, 0.2) is 57.8 Å². The Kier molecular flexibility index (Phi) is 4.17. The summed E-state index contributed by atoms with van der Waals surface area (Å²) in [5, 5.41) is 9.07. The van der Waals surface area contributed by atoms with Crippen molar-refractivity contribution in [3.63, 3.8) is 0 Å². The number of furan rings is 1. The quantitative estimate of drug-likeness (QED) is 0.561. The Morgan fingerprint density at radius 3 is 2.81 bits per heavy atom. The summed E-state index contributed by atoms with van der Waals surface area (Å²) in [6, 6.07) is 10.3. The fourth-order valence-electron chi connectivity index (χ4n) is 2.63. The predicted octanol–water partition coefficient (Wildman–Crippen LogP) is 2.41. The van der Waals surface area contributed by atoms with Gasteiger partial charge in [0.1, 0.15) is 11.5 Å². The molecule has 0 unspecified atom stereocenters. The molecular formula is C18H15N5O4. The number of imidazole rings is 1. The maximum Gasteiger partial charge on any atom is 0.288 e. The molecule has 4 aromatic heterocycles. The second-order valence-electron chi connectivity index (χ2n) is 5.78. The third kappa shape index (κ3) is 3.30. The average molecular weight is 365 g/mol. The molecule has 4 heterocycles. The van der Waals surface area contributed by atoms with Gasteiger partial charge in [0.2, 0.25) is 5.82 Å². The predicted molar refractivity (Wildman–Crippen MR) is 94.3 cm³/mol. The van der Waals surface area contributed by atoms with Crippen LogP contribution in [0.3, 0.4) is 0 Å². The van der Waals surface area contributed by atoms with Crippen molar-refractivity contribution in [2.45, 2.75) is 13.5 Å². The standard InChI is InChI=1S/C18H15N5O4/c1-11-9-14(22-27-11)20-17(24)15-13-6-2-3-7-23(13)16(21-15)18(25)19-10-12-5-4-8-26-12/h2-9H,10H2,1H3,(H,19,25)(H,20,22,24). The number of amides is 2. The topological polar surface area (TPSA) is 115 Å². The highest BCUT2D eigenvalue weighted by atomic mass is 16.5. The number of carbonyl (C=O) groups excluding carboxylic acids is 2. The van der Waals surface area contributed by atoms with Gasteiger partial charge in [0.05, 0.1) is 18.3 Å². The lowest BCUT2D eigenvalue weighted by molar-refractivity contribution is 0.0937. The first-order chi connectivity index (χ1) is 13.1. The molecule has 4 rings (SSSR count).